The van der Waals surface area contributed by atoms with Crippen molar-refractivity contribution in [2.24, 2.45) is 0 Å². The predicted octanol–water partition coefficient (Wildman–Crippen LogP) is 2.72. The number of hydrogen-bond donors (Lipinski definition) is 1. The van der Waals surface area contributed by atoms with E-state index in [4.69, 9.17) is 14.6 Å². The Morgan fingerprint density at radius 1 is 1.14 bits per heavy atom. The van der Waals surface area contributed by atoms with Crippen LogP contribution >= 0.6 is 0 Å². The van der Waals surface area contributed by atoms with Crippen LogP contribution in [0.2, 0.25) is 0 Å². The second kappa shape index (κ2) is 9.98. The van der Waals surface area contributed by atoms with Crippen LogP contribution in [0.25, 0.3) is 0 Å². The second-order valence-corrected chi connectivity index (χ2v) is 11.8. The molecule has 2 aromatic rings. The highest BCUT2D eigenvalue weighted by Crippen LogP contribution is 2.36. The Morgan fingerprint density at radius 2 is 1.89 bits per heavy atom. The third-order valence-corrected chi connectivity index (χ3v) is 7.64. The van der Waals surface area contributed by atoms with Crippen molar-refractivity contribution >= 4 is 27.4 Å². The summed E-state index contributed by atoms with van der Waals surface area (Å²) in [7, 11) is -3.50. The van der Waals surface area contributed by atoms with Crippen molar-refractivity contribution in [1.82, 2.24) is 14.9 Å². The van der Waals surface area contributed by atoms with Crippen LogP contribution < -0.4 is 9.64 Å². The van der Waals surface area contributed by atoms with Crippen molar-refractivity contribution in [2.45, 2.75) is 56.6 Å². The van der Waals surface area contributed by atoms with E-state index in [-0.39, 0.29) is 22.8 Å². The van der Waals surface area contributed by atoms with Crippen molar-refractivity contribution in [3.63, 3.8) is 0 Å². The number of ether oxygens (including phenoxy) is 2. The Labute approximate surface area is 205 Å². The van der Waals surface area contributed by atoms with Gasteiger partial charge in [0.1, 0.15) is 23.9 Å². The van der Waals surface area contributed by atoms with Crippen LogP contribution in [0.15, 0.2) is 35.5 Å². The van der Waals surface area contributed by atoms with Gasteiger partial charge in [0, 0.05) is 44.2 Å². The Kier molecular flexibility index (Phi) is 7.18. The van der Waals surface area contributed by atoms with Crippen LogP contribution in [-0.2, 0) is 21.0 Å². The Balaban J connectivity index is 1.40. The van der Waals surface area contributed by atoms with E-state index in [1.54, 1.807) is 29.2 Å². The molecule has 0 spiro atoms. The molecule has 0 bridgehead atoms. The summed E-state index contributed by atoms with van der Waals surface area (Å²) in [6, 6.07) is 6.81. The zero-order chi connectivity index (χ0) is 25.2. The molecule has 35 heavy (non-hydrogen) atoms. The lowest BCUT2D eigenvalue weighted by Crippen LogP contribution is -2.44. The molecule has 0 unspecified atom stereocenters. The predicted molar refractivity (Wildman–Crippen MR) is 130 cm³/mol. The van der Waals surface area contributed by atoms with Gasteiger partial charge in [0.25, 0.3) is 0 Å². The molecule has 1 amide bonds. The Bertz CT molecular complexity index is 1170. The van der Waals surface area contributed by atoms with Crippen LogP contribution in [0.1, 0.15) is 39.2 Å². The number of benzene rings is 1. The number of carbonyl (C=O) groups is 1. The number of anilines is 2. The van der Waals surface area contributed by atoms with Gasteiger partial charge in [0.2, 0.25) is 5.88 Å². The average molecular weight is 505 g/mol. The molecule has 11 heteroatoms. The number of sulfone groups is 1. The van der Waals surface area contributed by atoms with Gasteiger partial charge >= 0.3 is 6.09 Å². The smallest absolute Gasteiger partial charge is 0.410 e. The average Bonchev–Trinajstić information content (AvgIpc) is 3.22. The molecule has 2 aliphatic rings. The molecule has 1 aromatic heterocycles. The van der Waals surface area contributed by atoms with E-state index < -0.39 is 22.0 Å². The fraction of sp³-hybridized carbons (Fsp3) is 0.542. The number of fused-ring (bicyclic) bond motifs is 1. The minimum absolute atomic E-state index is 0.0680. The van der Waals surface area contributed by atoms with E-state index >= 15 is 0 Å². The molecule has 0 saturated carbocycles. The third kappa shape index (κ3) is 6.02. The summed E-state index contributed by atoms with van der Waals surface area (Å²) in [5.74, 6) is 0.839. The summed E-state index contributed by atoms with van der Waals surface area (Å²) in [5, 5.41) is 9.03. The molecule has 190 valence electrons. The number of amides is 1. The normalized spacial score (nSPS) is 16.8. The van der Waals surface area contributed by atoms with Gasteiger partial charge in [0.05, 0.1) is 17.3 Å². The summed E-state index contributed by atoms with van der Waals surface area (Å²) in [6.07, 6.45) is 3.12. The van der Waals surface area contributed by atoms with Crippen LogP contribution in [0.4, 0.5) is 16.3 Å². The van der Waals surface area contributed by atoms with Crippen molar-refractivity contribution in [2.75, 3.05) is 36.9 Å². The molecule has 0 atom stereocenters. The molecular weight excluding hydrogens is 472 g/mol. The molecular formula is C24H32N4O6S. The molecule has 1 saturated heterocycles. The first-order chi connectivity index (χ1) is 16.6. The monoisotopic (exact) mass is 504 g/mol. The van der Waals surface area contributed by atoms with Gasteiger partial charge in [-0.05, 0) is 51.0 Å². The Morgan fingerprint density at radius 3 is 2.57 bits per heavy atom. The maximum atomic E-state index is 12.3. The highest BCUT2D eigenvalue weighted by atomic mass is 32.2. The first-order valence-corrected chi connectivity index (χ1v) is 13.4. The molecule has 4 rings (SSSR count). The number of likely N-dealkylation sites (tertiary alicyclic amines) is 1. The summed E-state index contributed by atoms with van der Waals surface area (Å²) >= 11 is 0. The lowest BCUT2D eigenvalue weighted by atomic mass is 10.1. The van der Waals surface area contributed by atoms with Gasteiger partial charge in [-0.1, -0.05) is 0 Å². The molecule has 0 radical (unpaired) electrons. The van der Waals surface area contributed by atoms with E-state index in [1.165, 1.54) is 6.33 Å². The SMILES string of the molecule is CC(C)(C)OC(=O)N1CCC(Oc2cc(N3CCc4cc(S(=O)(=O)CCO)ccc43)ncn2)CC1. The van der Waals surface area contributed by atoms with Crippen LogP contribution in [-0.4, -0.2) is 78.2 Å². The topological polar surface area (TPSA) is 122 Å². The number of aliphatic hydroxyl groups is 1. The molecule has 2 aliphatic heterocycles. The summed E-state index contributed by atoms with van der Waals surface area (Å²) < 4.78 is 36.1. The lowest BCUT2D eigenvalue weighted by molar-refractivity contribution is 0.0123. The van der Waals surface area contributed by atoms with E-state index in [1.807, 2.05) is 25.7 Å². The number of aromatic nitrogens is 2. The minimum Gasteiger partial charge on any atom is -0.474 e. The zero-order valence-electron chi connectivity index (χ0n) is 20.3. The van der Waals surface area contributed by atoms with Crippen molar-refractivity contribution < 1.29 is 27.8 Å². The van der Waals surface area contributed by atoms with E-state index in [2.05, 4.69) is 9.97 Å². The highest BCUT2D eigenvalue weighted by Gasteiger charge is 2.29. The van der Waals surface area contributed by atoms with Gasteiger partial charge in [-0.2, -0.15) is 0 Å². The zero-order valence-corrected chi connectivity index (χ0v) is 21.1. The van der Waals surface area contributed by atoms with Crippen LogP contribution in [0.3, 0.4) is 0 Å². The number of rotatable bonds is 6. The molecule has 1 fully saturated rings. The fourth-order valence-electron chi connectivity index (χ4n) is 4.24. The first-order valence-electron chi connectivity index (χ1n) is 11.8. The first kappa shape index (κ1) is 25.2. The van der Waals surface area contributed by atoms with E-state index in [9.17, 15) is 13.2 Å². The number of carbonyl (C=O) groups excluding carboxylic acids is 1. The molecule has 0 aliphatic carbocycles. The third-order valence-electron chi connectivity index (χ3n) is 5.95. The van der Waals surface area contributed by atoms with Gasteiger partial charge in [-0.25, -0.2) is 23.2 Å². The number of hydrogen-bond acceptors (Lipinski definition) is 9. The van der Waals surface area contributed by atoms with Gasteiger partial charge < -0.3 is 24.4 Å². The Hall–Kier alpha value is -2.92. The quantitative estimate of drug-likeness (QED) is 0.633. The summed E-state index contributed by atoms with van der Waals surface area (Å²) in [5.41, 5.74) is 1.29. The van der Waals surface area contributed by atoms with E-state index in [0.29, 0.717) is 50.6 Å². The van der Waals surface area contributed by atoms with Crippen LogP contribution in [0, 0.1) is 0 Å². The molecule has 1 N–H and O–H groups in total. The maximum Gasteiger partial charge on any atom is 0.410 e. The molecule has 3 heterocycles. The maximum absolute atomic E-state index is 12.3. The van der Waals surface area contributed by atoms with Crippen molar-refractivity contribution in [3.8, 4) is 5.88 Å². The van der Waals surface area contributed by atoms with Gasteiger partial charge in [-0.3, -0.25) is 0 Å². The van der Waals surface area contributed by atoms with Crippen molar-refractivity contribution in [3.05, 3.63) is 36.2 Å². The number of nitrogens with zero attached hydrogens (tertiary/aromatic N) is 4. The van der Waals surface area contributed by atoms with Crippen LogP contribution in [0.5, 0.6) is 5.88 Å². The number of aliphatic hydroxyl groups excluding tert-OH is 1. The van der Waals surface area contributed by atoms with Gasteiger partial charge in [-0.15, -0.1) is 0 Å². The molecule has 10 nitrogen and oxygen atoms in total. The summed E-state index contributed by atoms with van der Waals surface area (Å²) in [4.78, 5) is 24.9. The minimum atomic E-state index is -3.50. The second-order valence-electron chi connectivity index (χ2n) is 9.73. The largest absolute Gasteiger partial charge is 0.474 e. The van der Waals surface area contributed by atoms with Crippen molar-refractivity contribution in [1.29, 1.82) is 0 Å². The lowest BCUT2D eigenvalue weighted by Gasteiger charge is -2.33. The fourth-order valence-corrected chi connectivity index (χ4v) is 5.32. The summed E-state index contributed by atoms with van der Waals surface area (Å²) in [6.45, 7) is 6.91. The van der Waals surface area contributed by atoms with Gasteiger partial charge in [0.15, 0.2) is 9.84 Å². The highest BCUT2D eigenvalue weighted by molar-refractivity contribution is 7.91. The molecule has 1 aromatic carbocycles. The number of piperidine rings is 1. The standard InChI is InChI=1S/C24H32N4O6S/c1-24(2,3)34-23(30)27-9-7-18(8-10-27)33-22-15-21(25-16-26-22)28-11-6-17-14-19(4-5-20(17)28)35(31,32)13-12-29/h4-5,14-16,18,29H,6-13H2,1-3H3. The van der Waals surface area contributed by atoms with E-state index in [0.717, 1.165) is 11.3 Å².